The highest BCUT2D eigenvalue weighted by Gasteiger charge is 2.16. The van der Waals surface area contributed by atoms with E-state index in [2.05, 4.69) is 64.1 Å². The summed E-state index contributed by atoms with van der Waals surface area (Å²) in [7, 11) is 0. The van der Waals surface area contributed by atoms with Crippen LogP contribution in [0.25, 0.3) is 21.5 Å². The zero-order valence-corrected chi connectivity index (χ0v) is 15.7. The van der Waals surface area contributed by atoms with Crippen LogP contribution >= 0.6 is 0 Å². The van der Waals surface area contributed by atoms with Gasteiger partial charge in [-0.3, -0.25) is 4.79 Å². The van der Waals surface area contributed by atoms with E-state index >= 15 is 0 Å². The fourth-order valence-corrected chi connectivity index (χ4v) is 4.15. The Hall–Kier alpha value is -2.93. The molecule has 4 aromatic carbocycles. The Bertz CT molecular complexity index is 1170. The highest BCUT2D eigenvalue weighted by molar-refractivity contribution is 6.18. The second kappa shape index (κ2) is 6.10. The number of ketones is 1. The summed E-state index contributed by atoms with van der Waals surface area (Å²) in [6.07, 6.45) is 0. The van der Waals surface area contributed by atoms with Gasteiger partial charge in [0.05, 0.1) is 0 Å². The summed E-state index contributed by atoms with van der Waals surface area (Å²) in [5.41, 5.74) is 6.35. The lowest BCUT2D eigenvalue weighted by molar-refractivity contribution is 0.104. The Morgan fingerprint density at radius 1 is 0.654 bits per heavy atom. The average Bonchev–Trinajstić information content (AvgIpc) is 2.61. The molecule has 0 spiro atoms. The molecule has 128 valence electrons. The van der Waals surface area contributed by atoms with Crippen molar-refractivity contribution in [1.82, 2.24) is 0 Å². The molecular weight excluding hydrogens is 316 g/mol. The summed E-state index contributed by atoms with van der Waals surface area (Å²) in [4.78, 5) is 13.4. The van der Waals surface area contributed by atoms with Crippen molar-refractivity contribution in [2.75, 3.05) is 0 Å². The molecule has 0 aliphatic carbocycles. The van der Waals surface area contributed by atoms with Crippen molar-refractivity contribution in [1.29, 1.82) is 0 Å². The summed E-state index contributed by atoms with van der Waals surface area (Å²) in [6, 6.07) is 20.5. The SMILES string of the molecule is Cc1cccc2cc(C(=O)c3ccc(C)c4c(C)cccc34)cc(C)c12. The topological polar surface area (TPSA) is 17.1 Å². The number of carbonyl (C=O) groups excluding carboxylic acids is 1. The van der Waals surface area contributed by atoms with Crippen LogP contribution in [0.2, 0.25) is 0 Å². The molecule has 1 heteroatoms. The highest BCUT2D eigenvalue weighted by atomic mass is 16.1. The van der Waals surface area contributed by atoms with E-state index in [-0.39, 0.29) is 5.78 Å². The summed E-state index contributed by atoms with van der Waals surface area (Å²) in [6.45, 7) is 8.41. The molecule has 0 aliphatic rings. The van der Waals surface area contributed by atoms with Crippen LogP contribution in [0.5, 0.6) is 0 Å². The van der Waals surface area contributed by atoms with E-state index in [1.165, 1.54) is 27.5 Å². The fourth-order valence-electron chi connectivity index (χ4n) is 4.15. The van der Waals surface area contributed by atoms with Gasteiger partial charge in [0.1, 0.15) is 0 Å². The lowest BCUT2D eigenvalue weighted by Crippen LogP contribution is -2.04. The Morgan fingerprint density at radius 3 is 2.08 bits per heavy atom. The Kier molecular flexibility index (Phi) is 3.88. The summed E-state index contributed by atoms with van der Waals surface area (Å²) in [5.74, 6) is 0.0899. The van der Waals surface area contributed by atoms with Crippen LogP contribution in [0.4, 0.5) is 0 Å². The molecule has 1 nitrogen and oxygen atoms in total. The van der Waals surface area contributed by atoms with Gasteiger partial charge >= 0.3 is 0 Å². The Balaban J connectivity index is 1.95. The van der Waals surface area contributed by atoms with Crippen molar-refractivity contribution in [3.8, 4) is 0 Å². The minimum Gasteiger partial charge on any atom is -0.289 e. The molecule has 4 aromatic rings. The molecule has 0 saturated carbocycles. The van der Waals surface area contributed by atoms with Crippen LogP contribution in [0.3, 0.4) is 0 Å². The molecule has 4 rings (SSSR count). The van der Waals surface area contributed by atoms with Gasteiger partial charge in [-0.2, -0.15) is 0 Å². The van der Waals surface area contributed by atoms with Gasteiger partial charge in [-0.1, -0.05) is 48.5 Å². The number of aryl methyl sites for hydroxylation is 4. The van der Waals surface area contributed by atoms with Crippen LogP contribution in [0, 0.1) is 27.7 Å². The van der Waals surface area contributed by atoms with Crippen molar-refractivity contribution in [2.24, 2.45) is 0 Å². The van der Waals surface area contributed by atoms with Crippen LogP contribution in [0.1, 0.15) is 38.2 Å². The largest absolute Gasteiger partial charge is 0.289 e. The van der Waals surface area contributed by atoms with Crippen molar-refractivity contribution in [3.63, 3.8) is 0 Å². The van der Waals surface area contributed by atoms with Gasteiger partial charge in [0.15, 0.2) is 5.78 Å². The lowest BCUT2D eigenvalue weighted by Gasteiger charge is -2.13. The molecule has 0 fully saturated rings. The number of benzene rings is 4. The number of rotatable bonds is 2. The minimum absolute atomic E-state index is 0.0899. The Morgan fingerprint density at radius 2 is 1.31 bits per heavy atom. The maximum atomic E-state index is 13.4. The molecule has 0 heterocycles. The molecule has 0 amide bonds. The minimum atomic E-state index is 0.0899. The van der Waals surface area contributed by atoms with E-state index in [0.717, 1.165) is 27.5 Å². The number of hydrogen-bond acceptors (Lipinski definition) is 1. The molecule has 0 aromatic heterocycles. The van der Waals surface area contributed by atoms with Crippen LogP contribution in [-0.4, -0.2) is 5.78 Å². The number of carbonyl (C=O) groups is 1. The van der Waals surface area contributed by atoms with Gasteiger partial charge in [0.25, 0.3) is 0 Å². The predicted octanol–water partition coefficient (Wildman–Crippen LogP) is 6.46. The highest BCUT2D eigenvalue weighted by Crippen LogP contribution is 2.29. The number of hydrogen-bond donors (Lipinski definition) is 0. The van der Waals surface area contributed by atoms with E-state index in [0.29, 0.717) is 0 Å². The smallest absolute Gasteiger partial charge is 0.193 e. The molecule has 0 bridgehead atoms. The zero-order valence-electron chi connectivity index (χ0n) is 15.7. The molecule has 0 N–H and O–H groups in total. The third-order valence-electron chi connectivity index (χ3n) is 5.35. The molecule has 26 heavy (non-hydrogen) atoms. The second-order valence-corrected chi connectivity index (χ2v) is 7.22. The maximum Gasteiger partial charge on any atom is 0.193 e. The molecule has 0 unspecified atom stereocenters. The zero-order chi connectivity index (χ0) is 18.4. The first-order valence-electron chi connectivity index (χ1n) is 9.01. The van der Waals surface area contributed by atoms with Gasteiger partial charge < -0.3 is 0 Å². The van der Waals surface area contributed by atoms with Gasteiger partial charge in [-0.25, -0.2) is 0 Å². The van der Waals surface area contributed by atoms with E-state index in [1.807, 2.05) is 24.3 Å². The number of fused-ring (bicyclic) bond motifs is 2. The quantitative estimate of drug-likeness (QED) is 0.383. The predicted molar refractivity (Wildman–Crippen MR) is 110 cm³/mol. The van der Waals surface area contributed by atoms with Crippen molar-refractivity contribution < 1.29 is 4.79 Å². The fraction of sp³-hybridized carbons (Fsp3) is 0.160. The molecule has 0 aliphatic heterocycles. The summed E-state index contributed by atoms with van der Waals surface area (Å²) < 4.78 is 0. The normalized spacial score (nSPS) is 11.2. The van der Waals surface area contributed by atoms with Crippen LogP contribution in [-0.2, 0) is 0 Å². The Labute approximate surface area is 154 Å². The van der Waals surface area contributed by atoms with Crippen LogP contribution < -0.4 is 0 Å². The van der Waals surface area contributed by atoms with E-state index < -0.39 is 0 Å². The van der Waals surface area contributed by atoms with E-state index in [4.69, 9.17) is 0 Å². The summed E-state index contributed by atoms with van der Waals surface area (Å²) in [5, 5.41) is 4.60. The van der Waals surface area contributed by atoms with Crippen molar-refractivity contribution in [2.45, 2.75) is 27.7 Å². The third-order valence-corrected chi connectivity index (χ3v) is 5.35. The maximum absolute atomic E-state index is 13.4. The standard InChI is InChI=1S/C25H22O/c1-15-7-5-9-19-14-20(13-18(4)23(15)19)25(26)22-12-11-17(3)24-16(2)8-6-10-21(22)24/h5-14H,1-4H3. The first-order valence-corrected chi connectivity index (χ1v) is 9.01. The molecular formula is C25H22O. The first kappa shape index (κ1) is 16.5. The van der Waals surface area contributed by atoms with Crippen molar-refractivity contribution >= 4 is 27.3 Å². The van der Waals surface area contributed by atoms with E-state index in [1.54, 1.807) is 0 Å². The average molecular weight is 338 g/mol. The van der Waals surface area contributed by atoms with E-state index in [9.17, 15) is 4.79 Å². The lowest BCUT2D eigenvalue weighted by atomic mass is 9.90. The van der Waals surface area contributed by atoms with Crippen LogP contribution in [0.15, 0.2) is 60.7 Å². The molecule has 0 radical (unpaired) electrons. The second-order valence-electron chi connectivity index (χ2n) is 7.22. The third kappa shape index (κ3) is 2.52. The van der Waals surface area contributed by atoms with Gasteiger partial charge in [-0.05, 0) is 83.6 Å². The monoisotopic (exact) mass is 338 g/mol. The van der Waals surface area contributed by atoms with Gasteiger partial charge in [0.2, 0.25) is 0 Å². The van der Waals surface area contributed by atoms with Gasteiger partial charge in [0, 0.05) is 11.1 Å². The first-order chi connectivity index (χ1) is 12.5. The van der Waals surface area contributed by atoms with Gasteiger partial charge in [-0.15, -0.1) is 0 Å². The summed E-state index contributed by atoms with van der Waals surface area (Å²) >= 11 is 0. The molecule has 0 atom stereocenters. The van der Waals surface area contributed by atoms with Crippen molar-refractivity contribution in [3.05, 3.63) is 94.0 Å². The molecule has 0 saturated heterocycles.